The second-order valence-electron chi connectivity index (χ2n) is 6.23. The number of carbonyl (C=O) groups excluding carboxylic acids is 2. The van der Waals surface area contributed by atoms with E-state index in [-0.39, 0.29) is 17.9 Å². The Morgan fingerprint density at radius 2 is 1.96 bits per heavy atom. The molecular formula is C18H22N4O2S. The molecule has 0 saturated carbocycles. The summed E-state index contributed by atoms with van der Waals surface area (Å²) in [4.78, 5) is 34.3. The van der Waals surface area contributed by atoms with Crippen LogP contribution >= 0.6 is 11.8 Å². The van der Waals surface area contributed by atoms with Crippen LogP contribution in [0.15, 0.2) is 29.3 Å². The van der Waals surface area contributed by atoms with Crippen LogP contribution in [0.4, 0.5) is 0 Å². The zero-order valence-corrected chi connectivity index (χ0v) is 15.3. The van der Waals surface area contributed by atoms with Crippen LogP contribution < -0.4 is 5.32 Å². The molecule has 1 aliphatic rings. The first-order valence-corrected chi connectivity index (χ1v) is 9.42. The van der Waals surface area contributed by atoms with Crippen molar-refractivity contribution in [1.29, 1.82) is 0 Å². The van der Waals surface area contributed by atoms with E-state index in [1.54, 1.807) is 6.92 Å². The minimum absolute atomic E-state index is 0.00613. The second kappa shape index (κ2) is 7.82. The highest BCUT2D eigenvalue weighted by molar-refractivity contribution is 8.00. The number of rotatable bonds is 4. The Morgan fingerprint density at radius 3 is 2.68 bits per heavy atom. The van der Waals surface area contributed by atoms with Gasteiger partial charge in [0.15, 0.2) is 0 Å². The van der Waals surface area contributed by atoms with Crippen molar-refractivity contribution in [2.24, 2.45) is 0 Å². The number of carbonyl (C=O) groups is 2. The van der Waals surface area contributed by atoms with Gasteiger partial charge >= 0.3 is 0 Å². The molecule has 7 heteroatoms. The highest BCUT2D eigenvalue weighted by Crippen LogP contribution is 2.25. The van der Waals surface area contributed by atoms with Gasteiger partial charge in [-0.15, -0.1) is 0 Å². The maximum atomic E-state index is 12.3. The van der Waals surface area contributed by atoms with Crippen molar-refractivity contribution >= 4 is 34.5 Å². The molecule has 1 saturated heterocycles. The summed E-state index contributed by atoms with van der Waals surface area (Å²) in [7, 11) is 0. The van der Waals surface area contributed by atoms with Gasteiger partial charge in [0.05, 0.1) is 11.3 Å². The fourth-order valence-electron chi connectivity index (χ4n) is 3.01. The van der Waals surface area contributed by atoms with Gasteiger partial charge in [-0.2, -0.15) is 0 Å². The standard InChI is InChI=1S/C18H22N4O2S/c1-12-19-16-6-4-3-5-15(16)18(20-12)25-11-17(24)21-14-7-9-22(10-8-14)13(2)23/h3-6,14H,7-11H2,1-2H3,(H,21,24). The van der Waals surface area contributed by atoms with Gasteiger partial charge in [-0.3, -0.25) is 9.59 Å². The van der Waals surface area contributed by atoms with E-state index < -0.39 is 0 Å². The number of thioether (sulfide) groups is 1. The summed E-state index contributed by atoms with van der Waals surface area (Å²) in [5, 5.41) is 4.88. The first-order chi connectivity index (χ1) is 12.0. The molecule has 2 aromatic rings. The third-order valence-electron chi connectivity index (χ3n) is 4.33. The zero-order valence-electron chi connectivity index (χ0n) is 14.5. The molecule has 132 valence electrons. The predicted octanol–water partition coefficient (Wildman–Crippen LogP) is 2.16. The van der Waals surface area contributed by atoms with Crippen LogP contribution in [0.2, 0.25) is 0 Å². The number of nitrogens with one attached hydrogen (secondary N) is 1. The molecule has 0 radical (unpaired) electrons. The fourth-order valence-corrected chi connectivity index (χ4v) is 3.89. The average molecular weight is 358 g/mol. The lowest BCUT2D eigenvalue weighted by Crippen LogP contribution is -2.46. The minimum Gasteiger partial charge on any atom is -0.353 e. The van der Waals surface area contributed by atoms with E-state index >= 15 is 0 Å². The Kier molecular flexibility index (Phi) is 5.53. The molecule has 1 fully saturated rings. The van der Waals surface area contributed by atoms with Gasteiger partial charge in [-0.1, -0.05) is 30.0 Å². The van der Waals surface area contributed by atoms with E-state index in [0.717, 1.165) is 28.8 Å². The normalized spacial score (nSPS) is 15.4. The zero-order chi connectivity index (χ0) is 17.8. The van der Waals surface area contributed by atoms with Crippen LogP contribution in [0, 0.1) is 6.92 Å². The molecule has 3 rings (SSSR count). The summed E-state index contributed by atoms with van der Waals surface area (Å²) in [5.41, 5.74) is 0.898. The van der Waals surface area contributed by atoms with Crippen LogP contribution in [0.1, 0.15) is 25.6 Å². The van der Waals surface area contributed by atoms with E-state index in [1.165, 1.54) is 11.8 Å². The van der Waals surface area contributed by atoms with Crippen LogP contribution in [0.3, 0.4) is 0 Å². The third-order valence-corrected chi connectivity index (χ3v) is 5.32. The third kappa shape index (κ3) is 4.48. The molecule has 1 N–H and O–H groups in total. The highest BCUT2D eigenvalue weighted by atomic mass is 32.2. The highest BCUT2D eigenvalue weighted by Gasteiger charge is 2.22. The van der Waals surface area contributed by atoms with E-state index in [0.29, 0.717) is 24.7 Å². The number of nitrogens with zero attached hydrogens (tertiary/aromatic N) is 3. The Bertz CT molecular complexity index is 788. The molecule has 1 aliphatic heterocycles. The largest absolute Gasteiger partial charge is 0.353 e. The van der Waals surface area contributed by atoms with Gasteiger partial charge in [-0.25, -0.2) is 9.97 Å². The summed E-state index contributed by atoms with van der Waals surface area (Å²) in [6.07, 6.45) is 1.62. The van der Waals surface area contributed by atoms with Crippen LogP contribution in [-0.2, 0) is 9.59 Å². The first kappa shape index (κ1) is 17.7. The lowest BCUT2D eigenvalue weighted by Gasteiger charge is -2.31. The summed E-state index contributed by atoms with van der Waals surface area (Å²) in [5.74, 6) is 1.14. The molecular weight excluding hydrogens is 336 g/mol. The molecule has 1 aromatic carbocycles. The Labute approximate surface area is 151 Å². The molecule has 0 bridgehead atoms. The molecule has 0 spiro atoms. The van der Waals surface area contributed by atoms with Gasteiger partial charge in [0.2, 0.25) is 11.8 Å². The van der Waals surface area contributed by atoms with Crippen LogP contribution in [-0.4, -0.2) is 51.6 Å². The van der Waals surface area contributed by atoms with Gasteiger partial charge < -0.3 is 10.2 Å². The number of hydrogen-bond acceptors (Lipinski definition) is 5. The van der Waals surface area contributed by atoms with Crippen LogP contribution in [0.5, 0.6) is 0 Å². The molecule has 6 nitrogen and oxygen atoms in total. The summed E-state index contributed by atoms with van der Waals surface area (Å²) in [6, 6.07) is 7.98. The summed E-state index contributed by atoms with van der Waals surface area (Å²) < 4.78 is 0. The van der Waals surface area contributed by atoms with Gasteiger partial charge in [0.25, 0.3) is 0 Å². The number of amides is 2. The molecule has 0 aliphatic carbocycles. The summed E-state index contributed by atoms with van der Waals surface area (Å²) >= 11 is 1.44. The number of likely N-dealkylation sites (tertiary alicyclic amines) is 1. The maximum Gasteiger partial charge on any atom is 0.230 e. The average Bonchev–Trinajstić information content (AvgIpc) is 2.60. The van der Waals surface area contributed by atoms with Crippen molar-refractivity contribution in [3.05, 3.63) is 30.1 Å². The fraction of sp³-hybridized carbons (Fsp3) is 0.444. The Morgan fingerprint density at radius 1 is 1.24 bits per heavy atom. The van der Waals surface area contributed by atoms with Gasteiger partial charge in [-0.05, 0) is 25.8 Å². The number of fused-ring (bicyclic) bond motifs is 1. The van der Waals surface area contributed by atoms with Gasteiger partial charge in [0.1, 0.15) is 10.9 Å². The van der Waals surface area contributed by atoms with Crippen molar-refractivity contribution in [2.75, 3.05) is 18.8 Å². The Hall–Kier alpha value is -2.15. The lowest BCUT2D eigenvalue weighted by atomic mass is 10.1. The lowest BCUT2D eigenvalue weighted by molar-refractivity contribution is -0.130. The maximum absolute atomic E-state index is 12.3. The number of aryl methyl sites for hydroxylation is 1. The predicted molar refractivity (Wildman–Crippen MR) is 98.4 cm³/mol. The van der Waals surface area contributed by atoms with E-state index in [1.807, 2.05) is 36.1 Å². The quantitative estimate of drug-likeness (QED) is 0.670. The SMILES string of the molecule is CC(=O)N1CCC(NC(=O)CSc2nc(C)nc3ccccc23)CC1. The first-order valence-electron chi connectivity index (χ1n) is 8.44. The molecule has 25 heavy (non-hydrogen) atoms. The van der Waals surface area contributed by atoms with E-state index in [4.69, 9.17) is 0 Å². The number of hydrogen-bond donors (Lipinski definition) is 1. The van der Waals surface area contributed by atoms with E-state index in [9.17, 15) is 9.59 Å². The Balaban J connectivity index is 1.56. The van der Waals surface area contributed by atoms with Crippen LogP contribution in [0.25, 0.3) is 10.9 Å². The number of aromatic nitrogens is 2. The van der Waals surface area contributed by atoms with Crippen molar-refractivity contribution < 1.29 is 9.59 Å². The van der Waals surface area contributed by atoms with Crippen molar-refractivity contribution in [3.8, 4) is 0 Å². The topological polar surface area (TPSA) is 75.2 Å². The smallest absolute Gasteiger partial charge is 0.230 e. The molecule has 1 aromatic heterocycles. The molecule has 2 heterocycles. The number of piperidine rings is 1. The van der Waals surface area contributed by atoms with E-state index in [2.05, 4.69) is 15.3 Å². The second-order valence-corrected chi connectivity index (χ2v) is 7.19. The molecule has 2 amide bonds. The van der Waals surface area contributed by atoms with Crippen molar-refractivity contribution in [2.45, 2.75) is 37.8 Å². The van der Waals surface area contributed by atoms with Gasteiger partial charge in [0, 0.05) is 31.4 Å². The summed E-state index contributed by atoms with van der Waals surface area (Å²) in [6.45, 7) is 4.87. The number of benzene rings is 1. The monoisotopic (exact) mass is 358 g/mol. The molecule has 0 atom stereocenters. The minimum atomic E-state index is 0.00613. The van der Waals surface area contributed by atoms with Crippen molar-refractivity contribution in [1.82, 2.24) is 20.2 Å². The number of para-hydroxylation sites is 1. The van der Waals surface area contributed by atoms with Crippen molar-refractivity contribution in [3.63, 3.8) is 0 Å². The molecule has 0 unspecified atom stereocenters.